The number of carbonyl (C=O) groups is 1. The van der Waals surface area contributed by atoms with E-state index >= 15 is 0 Å². The molecule has 1 amide bonds. The number of piperazine rings is 1. The van der Waals surface area contributed by atoms with Gasteiger partial charge in [-0.1, -0.05) is 15.9 Å². The van der Waals surface area contributed by atoms with Crippen molar-refractivity contribution in [3.8, 4) is 0 Å². The van der Waals surface area contributed by atoms with Crippen molar-refractivity contribution in [3.05, 3.63) is 58.6 Å². The topological polar surface area (TPSA) is 26.8 Å². The summed E-state index contributed by atoms with van der Waals surface area (Å²) in [6.07, 6.45) is 0. The third-order valence-corrected chi connectivity index (χ3v) is 4.92. The van der Waals surface area contributed by atoms with Crippen molar-refractivity contribution in [1.29, 1.82) is 0 Å². The van der Waals surface area contributed by atoms with Gasteiger partial charge in [0.2, 0.25) is 0 Å². The molecule has 5 heteroatoms. The van der Waals surface area contributed by atoms with E-state index in [-0.39, 0.29) is 5.91 Å². The zero-order valence-electron chi connectivity index (χ0n) is 14.1. The molecular formula is C19H22BrN3O. The number of rotatable bonds is 3. The van der Waals surface area contributed by atoms with E-state index in [2.05, 4.69) is 50.0 Å². The summed E-state index contributed by atoms with van der Waals surface area (Å²) in [6, 6.07) is 16.1. The predicted molar refractivity (Wildman–Crippen MR) is 103 cm³/mol. The van der Waals surface area contributed by atoms with Crippen LogP contribution < -0.4 is 9.80 Å². The van der Waals surface area contributed by atoms with Gasteiger partial charge >= 0.3 is 0 Å². The summed E-state index contributed by atoms with van der Waals surface area (Å²) in [5.41, 5.74) is 3.17. The van der Waals surface area contributed by atoms with Crippen LogP contribution in [0.3, 0.4) is 0 Å². The first-order valence-corrected chi connectivity index (χ1v) is 8.91. The van der Waals surface area contributed by atoms with E-state index in [9.17, 15) is 4.79 Å². The van der Waals surface area contributed by atoms with Crippen LogP contribution in [0.15, 0.2) is 53.0 Å². The molecule has 126 valence electrons. The first kappa shape index (κ1) is 16.8. The van der Waals surface area contributed by atoms with Crippen molar-refractivity contribution in [2.75, 3.05) is 50.1 Å². The molecule has 0 spiro atoms. The SMILES string of the molecule is CN(C)c1ccc(N2CCN(C(=O)c3ccc(Br)cc3)CC2)cc1. The Hall–Kier alpha value is -2.01. The Morgan fingerprint density at radius 2 is 1.50 bits per heavy atom. The van der Waals surface area contributed by atoms with Gasteiger partial charge in [0.1, 0.15) is 0 Å². The summed E-state index contributed by atoms with van der Waals surface area (Å²) in [5, 5.41) is 0. The molecular weight excluding hydrogens is 366 g/mol. The van der Waals surface area contributed by atoms with Gasteiger partial charge in [-0.3, -0.25) is 4.79 Å². The van der Waals surface area contributed by atoms with Crippen LogP contribution in [0.25, 0.3) is 0 Å². The van der Waals surface area contributed by atoms with Crippen LogP contribution in [0.1, 0.15) is 10.4 Å². The third-order valence-electron chi connectivity index (χ3n) is 4.39. The summed E-state index contributed by atoms with van der Waals surface area (Å²) < 4.78 is 0.991. The molecule has 1 aliphatic heterocycles. The molecule has 0 N–H and O–H groups in total. The molecule has 0 aromatic heterocycles. The maximum atomic E-state index is 12.6. The second-order valence-electron chi connectivity index (χ2n) is 6.20. The summed E-state index contributed by atoms with van der Waals surface area (Å²) in [7, 11) is 4.09. The lowest BCUT2D eigenvalue weighted by molar-refractivity contribution is 0.0747. The zero-order chi connectivity index (χ0) is 17.1. The second-order valence-corrected chi connectivity index (χ2v) is 7.11. The van der Waals surface area contributed by atoms with Crippen LogP contribution in [-0.4, -0.2) is 51.1 Å². The average molecular weight is 388 g/mol. The molecule has 0 radical (unpaired) electrons. The average Bonchev–Trinajstić information content (AvgIpc) is 2.62. The highest BCUT2D eigenvalue weighted by Gasteiger charge is 2.22. The smallest absolute Gasteiger partial charge is 0.253 e. The van der Waals surface area contributed by atoms with E-state index in [1.165, 1.54) is 11.4 Å². The van der Waals surface area contributed by atoms with Gasteiger partial charge in [-0.15, -0.1) is 0 Å². The Morgan fingerprint density at radius 1 is 0.917 bits per heavy atom. The molecule has 1 aliphatic rings. The Balaban J connectivity index is 1.61. The molecule has 0 saturated carbocycles. The molecule has 1 saturated heterocycles. The number of halogens is 1. The van der Waals surface area contributed by atoms with Gasteiger partial charge in [0.25, 0.3) is 5.91 Å². The van der Waals surface area contributed by atoms with Gasteiger partial charge in [0, 0.05) is 61.7 Å². The fourth-order valence-corrected chi connectivity index (χ4v) is 3.17. The number of amides is 1. The van der Waals surface area contributed by atoms with Crippen molar-refractivity contribution in [2.24, 2.45) is 0 Å². The highest BCUT2D eigenvalue weighted by atomic mass is 79.9. The lowest BCUT2D eigenvalue weighted by Crippen LogP contribution is -2.48. The molecule has 24 heavy (non-hydrogen) atoms. The number of benzene rings is 2. The predicted octanol–water partition coefficient (Wildman–Crippen LogP) is 3.48. The second kappa shape index (κ2) is 7.26. The molecule has 0 bridgehead atoms. The Kier molecular flexibility index (Phi) is 5.09. The lowest BCUT2D eigenvalue weighted by atomic mass is 10.1. The molecule has 2 aromatic rings. The van der Waals surface area contributed by atoms with E-state index < -0.39 is 0 Å². The Labute approximate surface area is 151 Å². The monoisotopic (exact) mass is 387 g/mol. The molecule has 0 aliphatic carbocycles. The van der Waals surface area contributed by atoms with Gasteiger partial charge in [-0.05, 0) is 48.5 Å². The third kappa shape index (κ3) is 3.73. The summed E-state index contributed by atoms with van der Waals surface area (Å²) in [4.78, 5) is 18.9. The fourth-order valence-electron chi connectivity index (χ4n) is 2.90. The minimum atomic E-state index is 0.116. The van der Waals surface area contributed by atoms with Crippen LogP contribution in [0.2, 0.25) is 0 Å². The number of carbonyl (C=O) groups excluding carboxylic acids is 1. The van der Waals surface area contributed by atoms with Crippen LogP contribution in [0, 0.1) is 0 Å². The van der Waals surface area contributed by atoms with Crippen molar-refractivity contribution in [3.63, 3.8) is 0 Å². The normalized spacial score (nSPS) is 14.6. The van der Waals surface area contributed by atoms with E-state index in [1.807, 2.05) is 43.3 Å². The first-order valence-electron chi connectivity index (χ1n) is 8.12. The van der Waals surface area contributed by atoms with Gasteiger partial charge < -0.3 is 14.7 Å². The van der Waals surface area contributed by atoms with Crippen LogP contribution in [-0.2, 0) is 0 Å². The minimum absolute atomic E-state index is 0.116. The quantitative estimate of drug-likeness (QED) is 0.806. The highest BCUT2D eigenvalue weighted by Crippen LogP contribution is 2.21. The molecule has 3 rings (SSSR count). The van der Waals surface area contributed by atoms with Gasteiger partial charge in [-0.2, -0.15) is 0 Å². The van der Waals surface area contributed by atoms with Crippen molar-refractivity contribution >= 4 is 33.2 Å². The van der Waals surface area contributed by atoms with Gasteiger partial charge in [-0.25, -0.2) is 0 Å². The minimum Gasteiger partial charge on any atom is -0.378 e. The molecule has 0 atom stereocenters. The van der Waals surface area contributed by atoms with Gasteiger partial charge in [0.05, 0.1) is 0 Å². The molecule has 1 fully saturated rings. The maximum Gasteiger partial charge on any atom is 0.253 e. The van der Waals surface area contributed by atoms with Crippen LogP contribution in [0.4, 0.5) is 11.4 Å². The molecule has 1 heterocycles. The summed E-state index contributed by atoms with van der Waals surface area (Å²) >= 11 is 3.40. The molecule has 0 unspecified atom stereocenters. The largest absolute Gasteiger partial charge is 0.378 e. The highest BCUT2D eigenvalue weighted by molar-refractivity contribution is 9.10. The Bertz CT molecular complexity index is 690. The van der Waals surface area contributed by atoms with Gasteiger partial charge in [0.15, 0.2) is 0 Å². The number of nitrogens with zero attached hydrogens (tertiary/aromatic N) is 3. The van der Waals surface area contributed by atoms with E-state index in [4.69, 9.17) is 0 Å². The lowest BCUT2D eigenvalue weighted by Gasteiger charge is -2.36. The van der Waals surface area contributed by atoms with Crippen molar-refractivity contribution in [1.82, 2.24) is 4.90 Å². The fraction of sp³-hybridized carbons (Fsp3) is 0.316. The summed E-state index contributed by atoms with van der Waals surface area (Å²) in [5.74, 6) is 0.116. The first-order chi connectivity index (χ1) is 11.5. The van der Waals surface area contributed by atoms with E-state index in [0.29, 0.717) is 0 Å². The van der Waals surface area contributed by atoms with Crippen molar-refractivity contribution < 1.29 is 4.79 Å². The number of hydrogen-bond donors (Lipinski definition) is 0. The van der Waals surface area contributed by atoms with E-state index in [1.54, 1.807) is 0 Å². The van der Waals surface area contributed by atoms with Crippen molar-refractivity contribution in [2.45, 2.75) is 0 Å². The molecule has 4 nitrogen and oxygen atoms in total. The number of anilines is 2. The zero-order valence-corrected chi connectivity index (χ0v) is 15.7. The number of hydrogen-bond acceptors (Lipinski definition) is 3. The van der Waals surface area contributed by atoms with Crippen LogP contribution >= 0.6 is 15.9 Å². The Morgan fingerprint density at radius 3 is 2.04 bits per heavy atom. The maximum absolute atomic E-state index is 12.6. The standard InChI is InChI=1S/C19H22BrN3O/c1-21(2)17-7-9-18(10-8-17)22-11-13-23(14-12-22)19(24)15-3-5-16(20)6-4-15/h3-10H,11-14H2,1-2H3. The summed E-state index contributed by atoms with van der Waals surface area (Å²) in [6.45, 7) is 3.24. The molecule has 2 aromatic carbocycles. The van der Waals surface area contributed by atoms with Crippen LogP contribution in [0.5, 0.6) is 0 Å². The van der Waals surface area contributed by atoms with E-state index in [0.717, 1.165) is 36.2 Å².